The minimum Gasteiger partial charge on any atom is -0.361 e. The van der Waals surface area contributed by atoms with Gasteiger partial charge in [0.2, 0.25) is 0 Å². The van der Waals surface area contributed by atoms with Gasteiger partial charge in [0, 0.05) is 29.7 Å². The summed E-state index contributed by atoms with van der Waals surface area (Å²) in [6.07, 6.45) is 1.93. The number of H-pyrrole nitrogens is 1. The van der Waals surface area contributed by atoms with Gasteiger partial charge in [-0.25, -0.2) is 4.79 Å². The fraction of sp³-hybridized carbons (Fsp3) is 0.308. The third kappa shape index (κ3) is 2.78. The summed E-state index contributed by atoms with van der Waals surface area (Å²) >= 11 is 0. The maximum Gasteiger partial charge on any atom is 0.315 e. The van der Waals surface area contributed by atoms with Crippen molar-refractivity contribution in [2.24, 2.45) is 0 Å². The number of carbonyl (C=O) groups is 1. The number of aromatic nitrogens is 1. The van der Waals surface area contributed by atoms with Crippen LogP contribution in [0.4, 0.5) is 4.79 Å². The van der Waals surface area contributed by atoms with Gasteiger partial charge in [0.1, 0.15) is 0 Å². The zero-order chi connectivity index (χ0) is 12.3. The highest BCUT2D eigenvalue weighted by molar-refractivity contribution is 5.83. The van der Waals surface area contributed by atoms with Gasteiger partial charge < -0.3 is 15.6 Å². The summed E-state index contributed by atoms with van der Waals surface area (Å²) in [4.78, 5) is 14.6. The molecular weight excluding hydrogens is 214 g/mol. The number of para-hydroxylation sites is 1. The van der Waals surface area contributed by atoms with Crippen LogP contribution in [-0.4, -0.2) is 17.1 Å². The summed E-state index contributed by atoms with van der Waals surface area (Å²) in [5, 5.41) is 6.78. The van der Waals surface area contributed by atoms with E-state index in [0.29, 0.717) is 6.54 Å². The minimum atomic E-state index is -0.134. The SMILES string of the molecule is CC(C)NC(=O)NCc1c[nH]c2ccccc12. The Hall–Kier alpha value is -1.97. The first-order valence-corrected chi connectivity index (χ1v) is 5.76. The summed E-state index contributed by atoms with van der Waals surface area (Å²) < 4.78 is 0. The number of aromatic amines is 1. The van der Waals surface area contributed by atoms with Crippen LogP contribution in [0.15, 0.2) is 30.5 Å². The lowest BCUT2D eigenvalue weighted by Gasteiger charge is -2.09. The molecule has 2 rings (SSSR count). The summed E-state index contributed by atoms with van der Waals surface area (Å²) in [7, 11) is 0. The van der Waals surface area contributed by atoms with Crippen molar-refractivity contribution in [3.05, 3.63) is 36.0 Å². The zero-order valence-electron chi connectivity index (χ0n) is 10.1. The van der Waals surface area contributed by atoms with Crippen LogP contribution in [-0.2, 0) is 6.54 Å². The Kier molecular flexibility index (Phi) is 3.32. The first kappa shape index (κ1) is 11.5. The van der Waals surface area contributed by atoms with Gasteiger partial charge in [-0.2, -0.15) is 0 Å². The van der Waals surface area contributed by atoms with Crippen LogP contribution in [0.2, 0.25) is 0 Å². The topological polar surface area (TPSA) is 56.9 Å². The monoisotopic (exact) mass is 231 g/mol. The number of carbonyl (C=O) groups excluding carboxylic acids is 1. The van der Waals surface area contributed by atoms with E-state index >= 15 is 0 Å². The molecule has 0 fully saturated rings. The molecule has 0 aliphatic heterocycles. The standard InChI is InChI=1S/C13H17N3O/c1-9(2)16-13(17)15-8-10-7-14-12-6-4-3-5-11(10)12/h3-7,9,14H,8H2,1-2H3,(H2,15,16,17). The van der Waals surface area contributed by atoms with Gasteiger partial charge in [0.25, 0.3) is 0 Å². The van der Waals surface area contributed by atoms with Gasteiger partial charge >= 0.3 is 6.03 Å². The normalized spacial score (nSPS) is 10.8. The number of benzene rings is 1. The van der Waals surface area contributed by atoms with Crippen LogP contribution >= 0.6 is 0 Å². The summed E-state index contributed by atoms with van der Waals surface area (Å²) in [6.45, 7) is 4.40. The van der Waals surface area contributed by atoms with Crippen molar-refractivity contribution in [3.63, 3.8) is 0 Å². The quantitative estimate of drug-likeness (QED) is 0.746. The molecule has 0 aliphatic rings. The molecule has 90 valence electrons. The van der Waals surface area contributed by atoms with Gasteiger partial charge in [-0.3, -0.25) is 0 Å². The molecule has 1 aromatic heterocycles. The number of amides is 2. The number of hydrogen-bond donors (Lipinski definition) is 3. The number of rotatable bonds is 3. The van der Waals surface area contributed by atoms with Crippen molar-refractivity contribution < 1.29 is 4.79 Å². The second-order valence-electron chi connectivity index (χ2n) is 4.34. The van der Waals surface area contributed by atoms with E-state index < -0.39 is 0 Å². The Balaban J connectivity index is 2.02. The van der Waals surface area contributed by atoms with Crippen LogP contribution < -0.4 is 10.6 Å². The van der Waals surface area contributed by atoms with Crippen LogP contribution in [0.1, 0.15) is 19.4 Å². The summed E-state index contributed by atoms with van der Waals surface area (Å²) in [6, 6.07) is 8.06. The molecule has 0 unspecified atom stereocenters. The molecule has 1 heterocycles. The van der Waals surface area contributed by atoms with E-state index in [1.54, 1.807) is 0 Å². The maximum absolute atomic E-state index is 11.5. The van der Waals surface area contributed by atoms with Crippen molar-refractivity contribution in [1.29, 1.82) is 0 Å². The molecule has 2 aromatic rings. The van der Waals surface area contributed by atoms with Crippen molar-refractivity contribution in [3.8, 4) is 0 Å². The lowest BCUT2D eigenvalue weighted by molar-refractivity contribution is 0.238. The molecule has 4 nitrogen and oxygen atoms in total. The summed E-state index contributed by atoms with van der Waals surface area (Å²) in [5.74, 6) is 0. The van der Waals surface area contributed by atoms with E-state index in [2.05, 4.69) is 15.6 Å². The van der Waals surface area contributed by atoms with Crippen LogP contribution in [0.3, 0.4) is 0 Å². The molecule has 0 atom stereocenters. The van der Waals surface area contributed by atoms with Crippen molar-refractivity contribution >= 4 is 16.9 Å². The van der Waals surface area contributed by atoms with Crippen molar-refractivity contribution in [2.75, 3.05) is 0 Å². The first-order valence-electron chi connectivity index (χ1n) is 5.76. The summed E-state index contributed by atoms with van der Waals surface area (Å²) in [5.41, 5.74) is 2.19. The molecule has 2 amide bonds. The van der Waals surface area contributed by atoms with Gasteiger partial charge in [0.15, 0.2) is 0 Å². The Morgan fingerprint density at radius 3 is 2.88 bits per heavy atom. The minimum absolute atomic E-state index is 0.134. The van der Waals surface area contributed by atoms with Gasteiger partial charge in [-0.15, -0.1) is 0 Å². The van der Waals surface area contributed by atoms with E-state index in [0.717, 1.165) is 16.5 Å². The van der Waals surface area contributed by atoms with Crippen LogP contribution in [0.5, 0.6) is 0 Å². The number of nitrogens with one attached hydrogen (secondary N) is 3. The molecule has 0 saturated heterocycles. The van der Waals surface area contributed by atoms with E-state index in [4.69, 9.17) is 0 Å². The Bertz CT molecular complexity index is 516. The molecule has 4 heteroatoms. The predicted molar refractivity (Wildman–Crippen MR) is 68.8 cm³/mol. The van der Waals surface area contributed by atoms with E-state index in [9.17, 15) is 4.79 Å². The Morgan fingerprint density at radius 2 is 2.12 bits per heavy atom. The highest BCUT2D eigenvalue weighted by atomic mass is 16.2. The van der Waals surface area contributed by atoms with Gasteiger partial charge in [-0.1, -0.05) is 18.2 Å². The Labute approximate surface area is 100 Å². The second-order valence-corrected chi connectivity index (χ2v) is 4.34. The molecule has 0 spiro atoms. The van der Waals surface area contributed by atoms with E-state index in [-0.39, 0.29) is 12.1 Å². The largest absolute Gasteiger partial charge is 0.361 e. The predicted octanol–water partition coefficient (Wildman–Crippen LogP) is 2.38. The van der Waals surface area contributed by atoms with Gasteiger partial charge in [-0.05, 0) is 25.5 Å². The molecule has 0 bridgehead atoms. The van der Waals surface area contributed by atoms with Crippen molar-refractivity contribution in [2.45, 2.75) is 26.4 Å². The Morgan fingerprint density at radius 1 is 1.35 bits per heavy atom. The van der Waals surface area contributed by atoms with Crippen LogP contribution in [0.25, 0.3) is 10.9 Å². The van der Waals surface area contributed by atoms with Crippen LogP contribution in [0, 0.1) is 0 Å². The number of fused-ring (bicyclic) bond motifs is 1. The van der Waals surface area contributed by atoms with Crippen molar-refractivity contribution in [1.82, 2.24) is 15.6 Å². The molecule has 0 radical (unpaired) electrons. The zero-order valence-corrected chi connectivity index (χ0v) is 10.1. The average Bonchev–Trinajstić information content (AvgIpc) is 2.69. The molecule has 0 saturated carbocycles. The lowest BCUT2D eigenvalue weighted by Crippen LogP contribution is -2.38. The average molecular weight is 231 g/mol. The first-order chi connectivity index (χ1) is 8.16. The highest BCUT2D eigenvalue weighted by Gasteiger charge is 2.05. The molecule has 17 heavy (non-hydrogen) atoms. The highest BCUT2D eigenvalue weighted by Crippen LogP contribution is 2.17. The fourth-order valence-electron chi connectivity index (χ4n) is 1.77. The van der Waals surface area contributed by atoms with Gasteiger partial charge in [0.05, 0.1) is 0 Å². The molecule has 1 aromatic carbocycles. The fourth-order valence-corrected chi connectivity index (χ4v) is 1.77. The molecule has 3 N–H and O–H groups in total. The molecule has 0 aliphatic carbocycles. The third-order valence-electron chi connectivity index (χ3n) is 2.53. The van der Waals surface area contributed by atoms with E-state index in [1.807, 2.05) is 44.3 Å². The smallest absolute Gasteiger partial charge is 0.315 e. The number of urea groups is 1. The third-order valence-corrected chi connectivity index (χ3v) is 2.53. The maximum atomic E-state index is 11.5. The number of hydrogen-bond acceptors (Lipinski definition) is 1. The molecular formula is C13H17N3O. The van der Waals surface area contributed by atoms with E-state index in [1.165, 1.54) is 0 Å². The lowest BCUT2D eigenvalue weighted by atomic mass is 10.2. The second kappa shape index (κ2) is 4.91.